The monoisotopic (exact) mass is 769 g/mol. The van der Waals surface area contributed by atoms with Crippen molar-refractivity contribution >= 4 is 88.1 Å². The Hall–Kier alpha value is -7.82. The van der Waals surface area contributed by atoms with E-state index in [0.29, 0.717) is 0 Å². The van der Waals surface area contributed by atoms with Crippen molar-refractivity contribution in [3.63, 3.8) is 0 Å². The van der Waals surface area contributed by atoms with Crippen LogP contribution in [0.1, 0.15) is 17.0 Å². The lowest BCUT2D eigenvalue weighted by atomic mass is 9.85. The van der Waals surface area contributed by atoms with E-state index in [2.05, 4.69) is 193 Å². The van der Waals surface area contributed by atoms with E-state index in [0.717, 1.165) is 105 Å². The van der Waals surface area contributed by atoms with Crippen molar-refractivity contribution < 1.29 is 13.6 Å². The van der Waals surface area contributed by atoms with Crippen molar-refractivity contribution in [1.29, 1.82) is 0 Å². The summed E-state index contributed by atoms with van der Waals surface area (Å²) < 4.78 is 19.9. The summed E-state index contributed by atoms with van der Waals surface area (Å²) in [4.78, 5) is 2.40. The highest BCUT2D eigenvalue weighted by Crippen LogP contribution is 2.50. The Morgan fingerprint density at radius 2 is 1.12 bits per heavy atom. The molecule has 0 fully saturated rings. The Morgan fingerprint density at radius 3 is 2.02 bits per heavy atom. The predicted molar refractivity (Wildman–Crippen MR) is 247 cm³/mol. The lowest BCUT2D eigenvalue weighted by molar-refractivity contribution is 0.272. The van der Waals surface area contributed by atoms with Gasteiger partial charge in [0, 0.05) is 55.2 Å². The van der Waals surface area contributed by atoms with Gasteiger partial charge in [0.15, 0.2) is 0 Å². The second-order valence-corrected chi connectivity index (χ2v) is 15.9. The van der Waals surface area contributed by atoms with Gasteiger partial charge in [-0.1, -0.05) is 152 Å². The third-order valence-corrected chi connectivity index (χ3v) is 12.6. The van der Waals surface area contributed by atoms with Crippen molar-refractivity contribution in [3.05, 3.63) is 211 Å². The van der Waals surface area contributed by atoms with Gasteiger partial charge in [0.25, 0.3) is 0 Å². The molecule has 2 aromatic heterocycles. The number of hydrogen-bond donors (Lipinski definition) is 0. The molecule has 282 valence electrons. The SMILES string of the molecule is C1=CC2Oc3c(ccc4ccccc34)C2C=C1c1ccccc1N(c1ccc(-c2cccc3c2oc2ccccc23)cc1)c1cccc2oc3c4ccccc4ccc3c12. The van der Waals surface area contributed by atoms with Gasteiger partial charge in [-0.25, -0.2) is 0 Å². The molecule has 60 heavy (non-hydrogen) atoms. The number of hydrogen-bond acceptors (Lipinski definition) is 4. The molecular weight excluding hydrogens is 735 g/mol. The molecule has 4 heteroatoms. The van der Waals surface area contributed by atoms with E-state index in [1.807, 2.05) is 12.1 Å². The first-order valence-electron chi connectivity index (χ1n) is 20.6. The molecule has 1 aliphatic carbocycles. The quantitative estimate of drug-likeness (QED) is 0.175. The molecule has 9 aromatic carbocycles. The highest BCUT2D eigenvalue weighted by molar-refractivity contribution is 6.20. The van der Waals surface area contributed by atoms with E-state index in [1.54, 1.807) is 0 Å². The minimum atomic E-state index is -0.0533. The first-order valence-corrected chi connectivity index (χ1v) is 20.6. The summed E-state index contributed by atoms with van der Waals surface area (Å²) in [6.45, 7) is 0. The number of furan rings is 2. The summed E-state index contributed by atoms with van der Waals surface area (Å²) in [6.07, 6.45) is 6.82. The summed E-state index contributed by atoms with van der Waals surface area (Å²) in [5, 5.41) is 9.01. The van der Waals surface area contributed by atoms with Gasteiger partial charge < -0.3 is 18.5 Å². The Balaban J connectivity index is 1.00. The largest absolute Gasteiger partial charge is 0.484 e. The van der Waals surface area contributed by atoms with Crippen LogP contribution in [0.4, 0.5) is 17.1 Å². The van der Waals surface area contributed by atoms with Crippen LogP contribution in [0.2, 0.25) is 0 Å². The minimum Gasteiger partial charge on any atom is -0.484 e. The molecule has 1 aliphatic heterocycles. The maximum absolute atomic E-state index is 6.76. The Kier molecular flexibility index (Phi) is 7.10. The molecule has 3 heterocycles. The molecule has 0 bridgehead atoms. The lowest BCUT2D eigenvalue weighted by Gasteiger charge is -2.29. The molecule has 2 aliphatic rings. The van der Waals surface area contributed by atoms with Crippen molar-refractivity contribution in [3.8, 4) is 16.9 Å². The number of allylic oxidation sites excluding steroid dienone is 2. The zero-order valence-corrected chi connectivity index (χ0v) is 32.4. The lowest BCUT2D eigenvalue weighted by Crippen LogP contribution is -2.18. The highest BCUT2D eigenvalue weighted by atomic mass is 16.5. The number of benzene rings is 9. The smallest absolute Gasteiger partial charge is 0.143 e. The normalized spacial score (nSPS) is 15.8. The first-order chi connectivity index (χ1) is 29.7. The van der Waals surface area contributed by atoms with E-state index >= 15 is 0 Å². The second kappa shape index (κ2) is 12.8. The molecule has 0 saturated carbocycles. The molecule has 4 nitrogen and oxygen atoms in total. The fourth-order valence-electron chi connectivity index (χ4n) is 9.82. The molecule has 0 N–H and O–H groups in total. The molecule has 0 spiro atoms. The van der Waals surface area contributed by atoms with Crippen LogP contribution in [0, 0.1) is 0 Å². The number of nitrogens with zero attached hydrogens (tertiary/aromatic N) is 1. The van der Waals surface area contributed by atoms with E-state index in [9.17, 15) is 0 Å². The van der Waals surface area contributed by atoms with Gasteiger partial charge in [0.2, 0.25) is 0 Å². The summed E-state index contributed by atoms with van der Waals surface area (Å²) in [7, 11) is 0. The molecule has 13 rings (SSSR count). The molecule has 2 atom stereocenters. The second-order valence-electron chi connectivity index (χ2n) is 15.9. The van der Waals surface area contributed by atoms with Crippen molar-refractivity contribution in [1.82, 2.24) is 0 Å². The van der Waals surface area contributed by atoms with E-state index in [1.165, 1.54) is 10.9 Å². The molecule has 0 amide bonds. The maximum atomic E-state index is 6.76. The number of ether oxygens (including phenoxy) is 1. The fraction of sp³-hybridized carbons (Fsp3) is 0.0357. The Labute approximate surface area is 345 Å². The molecular formula is C56H35NO3. The average Bonchev–Trinajstić information content (AvgIpc) is 4.01. The zero-order valence-electron chi connectivity index (χ0n) is 32.4. The number of fused-ring (bicyclic) bond motifs is 13. The van der Waals surface area contributed by atoms with E-state index in [-0.39, 0.29) is 12.0 Å². The summed E-state index contributed by atoms with van der Waals surface area (Å²) >= 11 is 0. The third-order valence-electron chi connectivity index (χ3n) is 12.6. The van der Waals surface area contributed by atoms with Gasteiger partial charge in [-0.05, 0) is 70.4 Å². The van der Waals surface area contributed by atoms with Crippen LogP contribution in [0.3, 0.4) is 0 Å². The maximum Gasteiger partial charge on any atom is 0.143 e. The van der Waals surface area contributed by atoms with E-state index < -0.39 is 0 Å². The molecule has 2 unspecified atom stereocenters. The molecule has 0 saturated heterocycles. The van der Waals surface area contributed by atoms with Crippen LogP contribution in [-0.2, 0) is 0 Å². The van der Waals surface area contributed by atoms with E-state index in [4.69, 9.17) is 13.6 Å². The van der Waals surface area contributed by atoms with Gasteiger partial charge in [0.05, 0.1) is 16.8 Å². The van der Waals surface area contributed by atoms with Crippen LogP contribution in [0.25, 0.3) is 82.1 Å². The van der Waals surface area contributed by atoms with Gasteiger partial charge in [-0.2, -0.15) is 0 Å². The summed E-state index contributed by atoms with van der Waals surface area (Å²) in [6, 6.07) is 64.6. The van der Waals surface area contributed by atoms with Crippen LogP contribution in [0.15, 0.2) is 209 Å². The standard InChI is InChI=1S/C56H35NO3/c1-3-14-40-34(11-1)25-30-45-47-33-37(27-32-51(47)59-55(40)45)39-13-5-7-19-48(39)57(49-20-10-22-52-53(49)46-31-26-35-12-2-4-15-41(35)56(46)60-52)38-28-23-36(24-29-38)42-17-9-18-44-43-16-6-8-21-50(43)58-54(42)44/h1-33,47,51H. The summed E-state index contributed by atoms with van der Waals surface area (Å²) in [5.74, 6) is 1.09. The molecule has 0 radical (unpaired) electrons. The molecule has 11 aromatic rings. The third kappa shape index (κ3) is 4.91. The summed E-state index contributed by atoms with van der Waals surface area (Å²) in [5.41, 5.74) is 12.4. The number of anilines is 3. The van der Waals surface area contributed by atoms with Crippen molar-refractivity contribution in [2.45, 2.75) is 12.0 Å². The van der Waals surface area contributed by atoms with Gasteiger partial charge >= 0.3 is 0 Å². The van der Waals surface area contributed by atoms with Crippen molar-refractivity contribution in [2.24, 2.45) is 0 Å². The Morgan fingerprint density at radius 1 is 0.450 bits per heavy atom. The van der Waals surface area contributed by atoms with Gasteiger partial charge in [-0.15, -0.1) is 0 Å². The number of para-hydroxylation sites is 3. The van der Waals surface area contributed by atoms with Crippen LogP contribution >= 0.6 is 0 Å². The van der Waals surface area contributed by atoms with Gasteiger partial charge in [0.1, 0.15) is 34.2 Å². The predicted octanol–water partition coefficient (Wildman–Crippen LogP) is 15.4. The Bertz CT molecular complexity index is 3600. The fourth-order valence-corrected chi connectivity index (χ4v) is 9.82. The van der Waals surface area contributed by atoms with Crippen molar-refractivity contribution in [2.75, 3.05) is 4.90 Å². The average molecular weight is 770 g/mol. The van der Waals surface area contributed by atoms with Crippen LogP contribution in [-0.4, -0.2) is 6.10 Å². The number of rotatable bonds is 5. The highest BCUT2D eigenvalue weighted by Gasteiger charge is 2.35. The van der Waals surface area contributed by atoms with Crippen LogP contribution in [0.5, 0.6) is 5.75 Å². The van der Waals surface area contributed by atoms with Gasteiger partial charge in [-0.3, -0.25) is 0 Å². The topological polar surface area (TPSA) is 38.8 Å². The first kappa shape index (κ1) is 33.2. The van der Waals surface area contributed by atoms with Crippen LogP contribution < -0.4 is 9.64 Å². The zero-order chi connectivity index (χ0) is 39.3. The minimum absolute atomic E-state index is 0.0533.